The van der Waals surface area contributed by atoms with Gasteiger partial charge in [0.05, 0.1) is 7.85 Å². The average molecular weight is 124 g/mol. The van der Waals surface area contributed by atoms with Gasteiger partial charge < -0.3 is 4.74 Å². The Balaban J connectivity index is 2.59. The third kappa shape index (κ3) is 1.01. The summed E-state index contributed by atoms with van der Waals surface area (Å²) >= 11 is 0. The van der Waals surface area contributed by atoms with Crippen molar-refractivity contribution < 1.29 is 4.74 Å². The lowest BCUT2D eigenvalue weighted by Crippen LogP contribution is -2.45. The van der Waals surface area contributed by atoms with E-state index in [-0.39, 0.29) is 10.7 Å². The quantitative estimate of drug-likeness (QED) is 0.443. The Morgan fingerprint density at radius 2 is 1.78 bits per heavy atom. The zero-order valence-corrected chi connectivity index (χ0v) is 6.40. The van der Waals surface area contributed by atoms with Crippen molar-refractivity contribution in [2.45, 2.75) is 26.1 Å². The maximum absolute atomic E-state index is 5.95. The van der Waals surface area contributed by atoms with Crippen molar-refractivity contribution >= 4 is 7.85 Å². The summed E-state index contributed by atoms with van der Waals surface area (Å²) in [6.07, 6.45) is 0. The molecule has 0 unspecified atom stereocenters. The molecule has 2 radical (unpaired) electrons. The van der Waals surface area contributed by atoms with Crippen molar-refractivity contribution in [3.63, 3.8) is 0 Å². The van der Waals surface area contributed by atoms with E-state index in [1.807, 2.05) is 0 Å². The van der Waals surface area contributed by atoms with Gasteiger partial charge in [-0.05, 0) is 10.7 Å². The van der Waals surface area contributed by atoms with Crippen LogP contribution in [0.25, 0.3) is 0 Å². The Bertz CT molecular complexity index is 111. The minimum absolute atomic E-state index is 0.0625. The molecule has 0 N–H and O–H groups in total. The topological polar surface area (TPSA) is 9.23 Å². The molecule has 0 saturated carbocycles. The van der Waals surface area contributed by atoms with Gasteiger partial charge in [-0.1, -0.05) is 20.8 Å². The Morgan fingerprint density at radius 3 is 1.78 bits per heavy atom. The van der Waals surface area contributed by atoms with Gasteiger partial charge in [0.1, 0.15) is 0 Å². The first-order valence-electron chi connectivity index (χ1n) is 3.32. The molecule has 0 aliphatic carbocycles. The van der Waals surface area contributed by atoms with Crippen molar-refractivity contribution in [1.82, 2.24) is 0 Å². The first-order valence-corrected chi connectivity index (χ1v) is 3.32. The van der Waals surface area contributed by atoms with Crippen LogP contribution in [0.2, 0.25) is 5.31 Å². The molecule has 0 aromatic heterocycles. The summed E-state index contributed by atoms with van der Waals surface area (Å²) in [5.74, 6) is 0. The number of hydrogen-bond donors (Lipinski definition) is 0. The van der Waals surface area contributed by atoms with Gasteiger partial charge in [-0.3, -0.25) is 0 Å². The normalized spacial score (nSPS) is 25.2. The maximum atomic E-state index is 5.95. The molecule has 9 heavy (non-hydrogen) atoms. The summed E-state index contributed by atoms with van der Waals surface area (Å²) in [5, 5.41) is -0.0625. The van der Waals surface area contributed by atoms with Gasteiger partial charge in [0.25, 0.3) is 0 Å². The lowest BCUT2D eigenvalue weighted by molar-refractivity contribution is -0.0670. The molecule has 0 spiro atoms. The number of ether oxygens (including phenoxy) is 1. The molecule has 1 nitrogen and oxygen atoms in total. The summed E-state index contributed by atoms with van der Waals surface area (Å²) in [4.78, 5) is 0. The van der Waals surface area contributed by atoms with Gasteiger partial charge in [0.15, 0.2) is 0 Å². The van der Waals surface area contributed by atoms with Gasteiger partial charge >= 0.3 is 0 Å². The largest absolute Gasteiger partial charge is 0.382 e. The summed E-state index contributed by atoms with van der Waals surface area (Å²) in [7, 11) is 5.95. The van der Waals surface area contributed by atoms with E-state index in [0.29, 0.717) is 0 Å². The van der Waals surface area contributed by atoms with Crippen LogP contribution >= 0.6 is 0 Å². The van der Waals surface area contributed by atoms with E-state index in [9.17, 15) is 0 Å². The van der Waals surface area contributed by atoms with E-state index in [1.54, 1.807) is 0 Å². The van der Waals surface area contributed by atoms with Crippen molar-refractivity contribution in [3.05, 3.63) is 0 Å². The summed E-state index contributed by atoms with van der Waals surface area (Å²) in [5.41, 5.74) is 0.186. The van der Waals surface area contributed by atoms with E-state index in [1.165, 1.54) is 0 Å². The standard InChI is InChI=1S/C7H13BO/c1-6(2,3)7(8)4-9-5-7/h4-5H2,1-3H3. The average Bonchev–Trinajstić information content (AvgIpc) is 1.57. The second kappa shape index (κ2) is 1.75. The zero-order chi connectivity index (χ0) is 7.12. The van der Waals surface area contributed by atoms with Crippen LogP contribution in [0.3, 0.4) is 0 Å². The molecular formula is C7H13BO. The molecule has 0 bridgehead atoms. The predicted molar refractivity (Wildman–Crippen MR) is 38.7 cm³/mol. The van der Waals surface area contributed by atoms with Crippen molar-refractivity contribution in [1.29, 1.82) is 0 Å². The van der Waals surface area contributed by atoms with Crippen molar-refractivity contribution in [3.8, 4) is 0 Å². The van der Waals surface area contributed by atoms with Crippen LogP contribution < -0.4 is 0 Å². The Morgan fingerprint density at radius 1 is 1.33 bits per heavy atom. The van der Waals surface area contributed by atoms with Crippen LogP contribution in [-0.4, -0.2) is 21.1 Å². The van der Waals surface area contributed by atoms with E-state index in [4.69, 9.17) is 12.6 Å². The minimum atomic E-state index is -0.0625. The molecule has 0 aromatic carbocycles. The van der Waals surface area contributed by atoms with Crippen LogP contribution in [0, 0.1) is 5.41 Å². The molecular weight excluding hydrogens is 111 g/mol. The molecule has 1 aliphatic rings. The molecule has 0 atom stereocenters. The fourth-order valence-corrected chi connectivity index (χ4v) is 0.755. The molecule has 1 fully saturated rings. The van der Waals surface area contributed by atoms with Crippen LogP contribution in [0.4, 0.5) is 0 Å². The second-order valence-corrected chi connectivity index (χ2v) is 3.90. The molecule has 1 aliphatic heterocycles. The highest BCUT2D eigenvalue weighted by Gasteiger charge is 2.42. The third-order valence-corrected chi connectivity index (χ3v) is 2.21. The highest BCUT2D eigenvalue weighted by molar-refractivity contribution is 6.16. The number of hydrogen-bond acceptors (Lipinski definition) is 1. The van der Waals surface area contributed by atoms with Crippen LogP contribution in [-0.2, 0) is 4.74 Å². The van der Waals surface area contributed by atoms with E-state index >= 15 is 0 Å². The van der Waals surface area contributed by atoms with E-state index < -0.39 is 0 Å². The summed E-state index contributed by atoms with van der Waals surface area (Å²) in [6.45, 7) is 7.88. The molecule has 0 aromatic rings. The van der Waals surface area contributed by atoms with Crippen LogP contribution in [0.1, 0.15) is 20.8 Å². The predicted octanol–water partition coefficient (Wildman–Crippen LogP) is 1.39. The van der Waals surface area contributed by atoms with Gasteiger partial charge in [0, 0.05) is 13.2 Å². The fraction of sp³-hybridized carbons (Fsp3) is 1.00. The molecule has 1 rings (SSSR count). The van der Waals surface area contributed by atoms with Gasteiger partial charge in [-0.15, -0.1) is 0 Å². The van der Waals surface area contributed by atoms with Crippen LogP contribution in [0.5, 0.6) is 0 Å². The van der Waals surface area contributed by atoms with Crippen molar-refractivity contribution in [2.24, 2.45) is 5.41 Å². The van der Waals surface area contributed by atoms with Gasteiger partial charge in [-0.25, -0.2) is 0 Å². The maximum Gasteiger partial charge on any atom is 0.0816 e. The Kier molecular flexibility index (Phi) is 1.39. The fourth-order valence-electron chi connectivity index (χ4n) is 0.755. The molecule has 1 saturated heterocycles. The molecule has 2 heteroatoms. The van der Waals surface area contributed by atoms with E-state index in [2.05, 4.69) is 20.8 Å². The minimum Gasteiger partial charge on any atom is -0.382 e. The Hall–Kier alpha value is 0.0249. The number of rotatable bonds is 0. The molecule has 0 amide bonds. The first-order chi connectivity index (χ1) is 3.96. The Labute approximate surface area is 58.2 Å². The second-order valence-electron chi connectivity index (χ2n) is 3.90. The smallest absolute Gasteiger partial charge is 0.0816 e. The third-order valence-electron chi connectivity index (χ3n) is 2.21. The van der Waals surface area contributed by atoms with Gasteiger partial charge in [0.2, 0.25) is 0 Å². The lowest BCUT2D eigenvalue weighted by Gasteiger charge is -2.49. The SMILES string of the molecule is [B]C1(C(C)(C)C)COC1. The highest BCUT2D eigenvalue weighted by Crippen LogP contribution is 2.48. The molecule has 1 heterocycles. The summed E-state index contributed by atoms with van der Waals surface area (Å²) < 4.78 is 5.04. The zero-order valence-electron chi connectivity index (χ0n) is 6.40. The monoisotopic (exact) mass is 124 g/mol. The van der Waals surface area contributed by atoms with Crippen molar-refractivity contribution in [2.75, 3.05) is 13.2 Å². The first kappa shape index (κ1) is 7.14. The van der Waals surface area contributed by atoms with Gasteiger partial charge in [-0.2, -0.15) is 0 Å². The summed E-state index contributed by atoms with van der Waals surface area (Å²) in [6, 6.07) is 0. The van der Waals surface area contributed by atoms with Crippen LogP contribution in [0.15, 0.2) is 0 Å². The highest BCUT2D eigenvalue weighted by atomic mass is 16.5. The lowest BCUT2D eigenvalue weighted by atomic mass is 9.53. The van der Waals surface area contributed by atoms with E-state index in [0.717, 1.165) is 13.2 Å². The molecule has 50 valence electrons.